The Hall–Kier alpha value is -2.02. The summed E-state index contributed by atoms with van der Waals surface area (Å²) in [6.07, 6.45) is 0.108. The lowest BCUT2D eigenvalue weighted by Gasteiger charge is -2.30. The van der Waals surface area contributed by atoms with Crippen molar-refractivity contribution < 1.29 is 14.0 Å². The molecule has 1 aliphatic heterocycles. The van der Waals surface area contributed by atoms with E-state index in [4.69, 9.17) is 17.0 Å². The van der Waals surface area contributed by atoms with Gasteiger partial charge in [-0.1, -0.05) is 36.4 Å². The van der Waals surface area contributed by atoms with Crippen molar-refractivity contribution in [1.82, 2.24) is 5.32 Å². The van der Waals surface area contributed by atoms with Crippen molar-refractivity contribution >= 4 is 23.0 Å². The fraction of sp³-hybridized carbons (Fsp3) is 0.350. The first kappa shape index (κ1) is 18.8. The molecule has 0 saturated carbocycles. The normalized spacial score (nSPS) is 19.8. The number of halogens is 1. The van der Waals surface area contributed by atoms with Crippen LogP contribution in [0.2, 0.25) is 0 Å². The molecule has 2 aromatic rings. The molecule has 6 heteroatoms. The Morgan fingerprint density at radius 3 is 2.85 bits per heavy atom. The number of hydrogen-bond acceptors (Lipinski definition) is 2. The number of morpholine rings is 1. The average Bonchev–Trinajstić information content (AvgIpc) is 2.64. The quantitative estimate of drug-likeness (QED) is 0.699. The van der Waals surface area contributed by atoms with E-state index < -0.39 is 0 Å². The van der Waals surface area contributed by atoms with Crippen molar-refractivity contribution in [2.75, 3.05) is 31.6 Å². The predicted octanol–water partition coefficient (Wildman–Crippen LogP) is 1.90. The van der Waals surface area contributed by atoms with Crippen LogP contribution in [0.15, 0.2) is 48.5 Å². The van der Waals surface area contributed by atoms with E-state index in [1.165, 1.54) is 16.5 Å². The standard InChI is InChI=1S/C20H24FN3OS/c1-15-7-8-17(11-19(15)21)23-20(26)22-12-18-14-24(9-10-25-18)13-16-5-3-2-4-6-16/h2-8,11,18H,9-10,12-14H2,1H3,(H2,22,23,26)/p+1/t18-/m0/s1. The first-order chi connectivity index (χ1) is 12.6. The van der Waals surface area contributed by atoms with Crippen molar-refractivity contribution in [3.8, 4) is 0 Å². The molecule has 0 spiro atoms. The van der Waals surface area contributed by atoms with E-state index in [9.17, 15) is 4.39 Å². The van der Waals surface area contributed by atoms with Gasteiger partial charge in [0.1, 0.15) is 31.6 Å². The van der Waals surface area contributed by atoms with Crippen LogP contribution in [0.1, 0.15) is 11.1 Å². The summed E-state index contributed by atoms with van der Waals surface area (Å²) in [5.74, 6) is -0.242. The number of nitrogens with one attached hydrogen (secondary N) is 3. The summed E-state index contributed by atoms with van der Waals surface area (Å²) < 4.78 is 19.5. The Labute approximate surface area is 159 Å². The van der Waals surface area contributed by atoms with Gasteiger partial charge in [0.25, 0.3) is 0 Å². The molecule has 2 aromatic carbocycles. The molecule has 1 unspecified atom stereocenters. The van der Waals surface area contributed by atoms with Crippen LogP contribution in [0.5, 0.6) is 0 Å². The minimum Gasteiger partial charge on any atom is -0.365 e. The minimum atomic E-state index is -0.242. The number of thiocarbonyl (C=S) groups is 1. The maximum atomic E-state index is 13.6. The molecule has 1 fully saturated rings. The first-order valence-electron chi connectivity index (χ1n) is 8.90. The molecule has 2 atom stereocenters. The summed E-state index contributed by atoms with van der Waals surface area (Å²) in [6.45, 7) is 6.07. The fourth-order valence-electron chi connectivity index (χ4n) is 3.08. The number of ether oxygens (including phenoxy) is 1. The third-order valence-electron chi connectivity index (χ3n) is 4.54. The summed E-state index contributed by atoms with van der Waals surface area (Å²) in [5, 5.41) is 6.68. The summed E-state index contributed by atoms with van der Waals surface area (Å²) in [4.78, 5) is 1.51. The zero-order valence-corrected chi connectivity index (χ0v) is 15.7. The van der Waals surface area contributed by atoms with Gasteiger partial charge in [-0.05, 0) is 36.8 Å². The van der Waals surface area contributed by atoms with Gasteiger partial charge in [-0.3, -0.25) is 0 Å². The van der Waals surface area contributed by atoms with Gasteiger partial charge < -0.3 is 20.3 Å². The van der Waals surface area contributed by atoms with Gasteiger partial charge in [-0.25, -0.2) is 4.39 Å². The maximum absolute atomic E-state index is 13.6. The Balaban J connectivity index is 1.44. The molecular weight excluding hydrogens is 349 g/mol. The predicted molar refractivity (Wildman–Crippen MR) is 106 cm³/mol. The topological polar surface area (TPSA) is 37.7 Å². The van der Waals surface area contributed by atoms with E-state index in [0.29, 0.717) is 22.9 Å². The molecule has 0 aromatic heterocycles. The molecule has 1 saturated heterocycles. The van der Waals surface area contributed by atoms with Gasteiger partial charge in [0, 0.05) is 17.8 Å². The highest BCUT2D eigenvalue weighted by atomic mass is 32.1. The van der Waals surface area contributed by atoms with Crippen molar-refractivity contribution in [3.63, 3.8) is 0 Å². The van der Waals surface area contributed by atoms with Gasteiger partial charge in [0.2, 0.25) is 0 Å². The van der Waals surface area contributed by atoms with Gasteiger partial charge in [0.15, 0.2) is 5.11 Å². The zero-order chi connectivity index (χ0) is 18.4. The summed E-state index contributed by atoms with van der Waals surface area (Å²) in [5.41, 5.74) is 2.60. The van der Waals surface area contributed by atoms with Crippen LogP contribution in [0.25, 0.3) is 0 Å². The molecule has 0 amide bonds. The highest BCUT2D eigenvalue weighted by Crippen LogP contribution is 2.13. The van der Waals surface area contributed by atoms with E-state index >= 15 is 0 Å². The van der Waals surface area contributed by atoms with E-state index in [2.05, 4.69) is 34.9 Å². The second-order valence-corrected chi connectivity index (χ2v) is 7.07. The van der Waals surface area contributed by atoms with Crippen LogP contribution in [0, 0.1) is 12.7 Å². The van der Waals surface area contributed by atoms with Gasteiger partial charge in [0.05, 0.1) is 6.61 Å². The maximum Gasteiger partial charge on any atom is 0.170 e. The Morgan fingerprint density at radius 1 is 1.27 bits per heavy atom. The van der Waals surface area contributed by atoms with Gasteiger partial charge >= 0.3 is 0 Å². The van der Waals surface area contributed by atoms with Crippen LogP contribution in [0.4, 0.5) is 10.1 Å². The number of rotatable bonds is 5. The van der Waals surface area contributed by atoms with Crippen LogP contribution in [0.3, 0.4) is 0 Å². The number of hydrogen-bond donors (Lipinski definition) is 3. The first-order valence-corrected chi connectivity index (χ1v) is 9.31. The molecule has 1 heterocycles. The second-order valence-electron chi connectivity index (χ2n) is 6.66. The summed E-state index contributed by atoms with van der Waals surface area (Å²) in [7, 11) is 0. The molecule has 0 aliphatic carbocycles. The van der Waals surface area contributed by atoms with Crippen LogP contribution < -0.4 is 15.5 Å². The number of anilines is 1. The lowest BCUT2D eigenvalue weighted by Crippen LogP contribution is -3.13. The molecule has 138 valence electrons. The van der Waals surface area contributed by atoms with E-state index in [1.807, 2.05) is 12.1 Å². The number of benzene rings is 2. The Bertz CT molecular complexity index is 741. The van der Waals surface area contributed by atoms with Crippen LogP contribution in [-0.2, 0) is 11.3 Å². The van der Waals surface area contributed by atoms with Crippen LogP contribution >= 0.6 is 12.2 Å². The largest absolute Gasteiger partial charge is 0.365 e. The highest BCUT2D eigenvalue weighted by molar-refractivity contribution is 7.80. The van der Waals surface area contributed by atoms with E-state index in [-0.39, 0.29) is 11.9 Å². The lowest BCUT2D eigenvalue weighted by molar-refractivity contribution is -0.925. The fourth-order valence-corrected chi connectivity index (χ4v) is 3.28. The highest BCUT2D eigenvalue weighted by Gasteiger charge is 2.23. The van der Waals surface area contributed by atoms with Crippen LogP contribution in [-0.4, -0.2) is 37.5 Å². The third-order valence-corrected chi connectivity index (χ3v) is 4.79. The molecule has 0 radical (unpaired) electrons. The molecule has 3 N–H and O–H groups in total. The minimum absolute atomic E-state index is 0.108. The van der Waals surface area contributed by atoms with Crippen molar-refractivity contribution in [3.05, 3.63) is 65.5 Å². The Kier molecular flexibility index (Phi) is 6.55. The SMILES string of the molecule is Cc1ccc(NC(=S)NC[C@H]2C[NH+](Cc3ccccc3)CCO2)cc1F. The molecule has 3 rings (SSSR count). The average molecular weight is 375 g/mol. The number of aryl methyl sites for hydroxylation is 1. The smallest absolute Gasteiger partial charge is 0.170 e. The monoisotopic (exact) mass is 374 g/mol. The number of quaternary nitrogens is 1. The Morgan fingerprint density at radius 2 is 2.08 bits per heavy atom. The lowest BCUT2D eigenvalue weighted by atomic mass is 10.2. The molecule has 1 aliphatic rings. The van der Waals surface area contributed by atoms with Gasteiger partial charge in [-0.15, -0.1) is 0 Å². The summed E-state index contributed by atoms with van der Waals surface area (Å²) in [6, 6.07) is 15.5. The molecule has 0 bridgehead atoms. The third kappa shape index (κ3) is 5.49. The van der Waals surface area contributed by atoms with Crippen molar-refractivity contribution in [2.24, 2.45) is 0 Å². The van der Waals surface area contributed by atoms with E-state index in [0.717, 1.165) is 26.2 Å². The van der Waals surface area contributed by atoms with Gasteiger partial charge in [-0.2, -0.15) is 0 Å². The van der Waals surface area contributed by atoms with E-state index in [1.54, 1.807) is 13.0 Å². The molecule has 4 nitrogen and oxygen atoms in total. The molecule has 26 heavy (non-hydrogen) atoms. The van der Waals surface area contributed by atoms with Crippen molar-refractivity contribution in [2.45, 2.75) is 19.6 Å². The van der Waals surface area contributed by atoms with Crippen molar-refractivity contribution in [1.29, 1.82) is 0 Å². The second kappa shape index (κ2) is 9.07. The molecular formula is C20H25FN3OS+. The summed E-state index contributed by atoms with van der Waals surface area (Å²) >= 11 is 5.31. The zero-order valence-electron chi connectivity index (χ0n) is 14.9.